The van der Waals surface area contributed by atoms with Gasteiger partial charge in [-0.1, -0.05) is 0 Å². The van der Waals surface area contributed by atoms with E-state index in [1.807, 2.05) is 24.0 Å². The fraction of sp³-hybridized carbons (Fsp3) is 0.727. The Morgan fingerprint density at radius 3 is 2.80 bits per heavy atom. The molecule has 1 saturated heterocycles. The van der Waals surface area contributed by atoms with Crippen molar-refractivity contribution < 1.29 is 0 Å². The molecular weight excluding hydrogens is 188 g/mol. The zero-order valence-corrected chi connectivity index (χ0v) is 9.61. The van der Waals surface area contributed by atoms with Crippen LogP contribution in [0.15, 0.2) is 12.4 Å². The van der Waals surface area contributed by atoms with Crippen LogP contribution in [0.1, 0.15) is 19.8 Å². The summed E-state index contributed by atoms with van der Waals surface area (Å²) >= 11 is 0. The lowest BCUT2D eigenvalue weighted by Gasteiger charge is -2.23. The van der Waals surface area contributed by atoms with E-state index in [-0.39, 0.29) is 0 Å². The summed E-state index contributed by atoms with van der Waals surface area (Å²) in [6, 6.07) is 0.601. The first-order valence-corrected chi connectivity index (χ1v) is 5.72. The molecular formula is C11H20N4. The Morgan fingerprint density at radius 2 is 2.20 bits per heavy atom. The average Bonchev–Trinajstić information content (AvgIpc) is 2.85. The first-order chi connectivity index (χ1) is 7.27. The highest BCUT2D eigenvalue weighted by atomic mass is 15.2. The predicted molar refractivity (Wildman–Crippen MR) is 62.0 cm³/mol. The van der Waals surface area contributed by atoms with Crippen LogP contribution in [-0.4, -0.2) is 40.1 Å². The van der Waals surface area contributed by atoms with E-state index in [2.05, 4.69) is 22.1 Å². The highest BCUT2D eigenvalue weighted by molar-refractivity contribution is 5.25. The largest absolute Gasteiger partial charge is 0.354 e. The van der Waals surface area contributed by atoms with Gasteiger partial charge in [0.2, 0.25) is 5.95 Å². The molecule has 0 aliphatic carbocycles. The maximum atomic E-state index is 4.25. The van der Waals surface area contributed by atoms with Gasteiger partial charge in [-0.05, 0) is 32.9 Å². The van der Waals surface area contributed by atoms with Crippen LogP contribution in [0.3, 0.4) is 0 Å². The second-order valence-electron chi connectivity index (χ2n) is 4.33. The molecule has 1 aromatic heterocycles. The van der Waals surface area contributed by atoms with Crippen molar-refractivity contribution in [3.63, 3.8) is 0 Å². The van der Waals surface area contributed by atoms with Crippen LogP contribution in [0.25, 0.3) is 0 Å². The van der Waals surface area contributed by atoms with Crippen LogP contribution in [0.2, 0.25) is 0 Å². The topological polar surface area (TPSA) is 33.1 Å². The quantitative estimate of drug-likeness (QED) is 0.810. The zero-order chi connectivity index (χ0) is 10.7. The third-order valence-corrected chi connectivity index (χ3v) is 3.14. The Kier molecular flexibility index (Phi) is 3.26. The van der Waals surface area contributed by atoms with E-state index in [4.69, 9.17) is 0 Å². The van der Waals surface area contributed by atoms with Gasteiger partial charge in [0, 0.05) is 32.0 Å². The van der Waals surface area contributed by atoms with E-state index in [0.717, 1.165) is 12.5 Å². The van der Waals surface area contributed by atoms with E-state index in [9.17, 15) is 0 Å². The molecule has 15 heavy (non-hydrogen) atoms. The van der Waals surface area contributed by atoms with Gasteiger partial charge in [0.15, 0.2) is 0 Å². The van der Waals surface area contributed by atoms with Crippen molar-refractivity contribution >= 4 is 5.95 Å². The summed E-state index contributed by atoms with van der Waals surface area (Å²) in [5.41, 5.74) is 0. The molecule has 2 heterocycles. The Bertz CT molecular complexity index is 301. The van der Waals surface area contributed by atoms with Crippen molar-refractivity contribution in [3.05, 3.63) is 12.4 Å². The number of anilines is 1. The number of nitrogens with one attached hydrogen (secondary N) is 1. The second-order valence-corrected chi connectivity index (χ2v) is 4.33. The van der Waals surface area contributed by atoms with Crippen LogP contribution < -0.4 is 5.32 Å². The van der Waals surface area contributed by atoms with Crippen LogP contribution in [-0.2, 0) is 7.05 Å². The number of hydrogen-bond acceptors (Lipinski definition) is 3. The summed E-state index contributed by atoms with van der Waals surface area (Å²) in [4.78, 5) is 6.79. The molecule has 1 fully saturated rings. The Balaban J connectivity index is 1.80. The molecule has 4 nitrogen and oxygen atoms in total. The van der Waals surface area contributed by atoms with Crippen LogP contribution in [0.5, 0.6) is 0 Å². The molecule has 2 rings (SSSR count). The lowest BCUT2D eigenvalue weighted by atomic mass is 10.3. The third kappa shape index (κ3) is 2.50. The SMILES string of the molecule is CC(CNc1nccn1C)N1CCCC1. The highest BCUT2D eigenvalue weighted by Gasteiger charge is 2.17. The summed E-state index contributed by atoms with van der Waals surface area (Å²) in [5.74, 6) is 0.959. The molecule has 1 unspecified atom stereocenters. The molecule has 1 aliphatic rings. The minimum atomic E-state index is 0.601. The number of rotatable bonds is 4. The van der Waals surface area contributed by atoms with Crippen molar-refractivity contribution in [1.29, 1.82) is 0 Å². The molecule has 0 radical (unpaired) electrons. The van der Waals surface area contributed by atoms with Gasteiger partial charge in [0.05, 0.1) is 0 Å². The fourth-order valence-electron chi connectivity index (χ4n) is 2.09. The molecule has 1 aromatic rings. The number of aryl methyl sites for hydroxylation is 1. The summed E-state index contributed by atoms with van der Waals surface area (Å²) < 4.78 is 2.01. The predicted octanol–water partition coefficient (Wildman–Crippen LogP) is 1.32. The molecule has 0 bridgehead atoms. The number of aromatic nitrogens is 2. The lowest BCUT2D eigenvalue weighted by molar-refractivity contribution is 0.269. The number of likely N-dealkylation sites (tertiary alicyclic amines) is 1. The van der Waals surface area contributed by atoms with Crippen LogP contribution in [0, 0.1) is 0 Å². The van der Waals surface area contributed by atoms with E-state index < -0.39 is 0 Å². The fourth-order valence-corrected chi connectivity index (χ4v) is 2.09. The standard InChI is InChI=1S/C11H20N4/c1-10(15-6-3-4-7-15)9-13-11-12-5-8-14(11)2/h5,8,10H,3-4,6-7,9H2,1-2H3,(H,12,13). The summed E-state index contributed by atoms with van der Waals surface area (Å²) in [6.45, 7) is 5.76. The van der Waals surface area contributed by atoms with Crippen molar-refractivity contribution in [2.45, 2.75) is 25.8 Å². The van der Waals surface area contributed by atoms with Gasteiger partial charge < -0.3 is 9.88 Å². The Morgan fingerprint density at radius 1 is 1.47 bits per heavy atom. The van der Waals surface area contributed by atoms with Gasteiger partial charge in [-0.15, -0.1) is 0 Å². The van der Waals surface area contributed by atoms with Gasteiger partial charge >= 0.3 is 0 Å². The normalized spacial score (nSPS) is 19.3. The summed E-state index contributed by atoms with van der Waals surface area (Å²) in [6.07, 6.45) is 6.49. The van der Waals surface area contributed by atoms with E-state index in [0.29, 0.717) is 6.04 Å². The van der Waals surface area contributed by atoms with E-state index in [1.165, 1.54) is 25.9 Å². The monoisotopic (exact) mass is 208 g/mol. The van der Waals surface area contributed by atoms with Crippen molar-refractivity contribution in [3.8, 4) is 0 Å². The number of imidazole rings is 1. The molecule has 0 spiro atoms. The Labute approximate surface area is 91.3 Å². The van der Waals surface area contributed by atoms with Gasteiger partial charge in [-0.25, -0.2) is 4.98 Å². The van der Waals surface area contributed by atoms with Gasteiger partial charge in [0.25, 0.3) is 0 Å². The van der Waals surface area contributed by atoms with Gasteiger partial charge in [-0.3, -0.25) is 4.90 Å². The molecule has 0 aromatic carbocycles. The smallest absolute Gasteiger partial charge is 0.202 e. The number of nitrogens with zero attached hydrogens (tertiary/aromatic N) is 3. The van der Waals surface area contributed by atoms with Crippen molar-refractivity contribution in [2.75, 3.05) is 25.0 Å². The zero-order valence-electron chi connectivity index (χ0n) is 9.61. The van der Waals surface area contributed by atoms with Gasteiger partial charge in [0.1, 0.15) is 0 Å². The molecule has 0 saturated carbocycles. The lowest BCUT2D eigenvalue weighted by Crippen LogP contribution is -2.35. The second kappa shape index (κ2) is 4.66. The molecule has 4 heteroatoms. The highest BCUT2D eigenvalue weighted by Crippen LogP contribution is 2.12. The molecule has 84 valence electrons. The maximum Gasteiger partial charge on any atom is 0.202 e. The van der Waals surface area contributed by atoms with Crippen LogP contribution >= 0.6 is 0 Å². The first kappa shape index (κ1) is 10.5. The van der Waals surface area contributed by atoms with Crippen molar-refractivity contribution in [2.24, 2.45) is 7.05 Å². The van der Waals surface area contributed by atoms with Crippen LogP contribution in [0.4, 0.5) is 5.95 Å². The number of hydrogen-bond donors (Lipinski definition) is 1. The van der Waals surface area contributed by atoms with Crippen molar-refractivity contribution in [1.82, 2.24) is 14.5 Å². The third-order valence-electron chi connectivity index (χ3n) is 3.14. The molecule has 1 N–H and O–H groups in total. The Hall–Kier alpha value is -1.03. The molecule has 1 atom stereocenters. The maximum absolute atomic E-state index is 4.25. The molecule has 0 amide bonds. The van der Waals surface area contributed by atoms with E-state index >= 15 is 0 Å². The van der Waals surface area contributed by atoms with E-state index in [1.54, 1.807) is 0 Å². The first-order valence-electron chi connectivity index (χ1n) is 5.72. The van der Waals surface area contributed by atoms with Gasteiger partial charge in [-0.2, -0.15) is 0 Å². The minimum Gasteiger partial charge on any atom is -0.354 e. The molecule has 1 aliphatic heterocycles. The average molecular weight is 208 g/mol. The summed E-state index contributed by atoms with van der Waals surface area (Å²) in [5, 5.41) is 3.38. The minimum absolute atomic E-state index is 0.601. The summed E-state index contributed by atoms with van der Waals surface area (Å²) in [7, 11) is 2.01.